The minimum atomic E-state index is -0.0909. The van der Waals surface area contributed by atoms with Crippen LogP contribution in [0.4, 0.5) is 5.82 Å². The van der Waals surface area contributed by atoms with Crippen LogP contribution in [-0.2, 0) is 4.74 Å². The number of amides is 1. The number of ether oxygens (including phenoxy) is 1. The molecule has 0 aliphatic heterocycles. The number of pyridine rings is 1. The molecule has 1 amide bonds. The largest absolute Gasteiger partial charge is 0.384 e. The molecule has 1 aromatic rings. The molecule has 5 nitrogen and oxygen atoms in total. The molecule has 1 atom stereocenters. The molecule has 0 spiro atoms. The molecule has 0 aliphatic carbocycles. The van der Waals surface area contributed by atoms with Crippen LogP contribution in [0, 0.1) is 5.92 Å². The van der Waals surface area contributed by atoms with Crippen LogP contribution in [0.3, 0.4) is 0 Å². The van der Waals surface area contributed by atoms with E-state index in [2.05, 4.69) is 15.6 Å². The molecule has 1 unspecified atom stereocenters. The molecule has 0 aliphatic rings. The Morgan fingerprint density at radius 1 is 1.59 bits per heavy atom. The van der Waals surface area contributed by atoms with Crippen molar-refractivity contribution in [1.82, 2.24) is 10.3 Å². The summed E-state index contributed by atoms with van der Waals surface area (Å²) in [6.07, 6.45) is 1.61. The van der Waals surface area contributed by atoms with Gasteiger partial charge in [0.25, 0.3) is 5.91 Å². The van der Waals surface area contributed by atoms with Crippen molar-refractivity contribution in [2.45, 2.75) is 6.92 Å². The number of carbonyl (C=O) groups excluding carboxylic acids is 1. The zero-order valence-corrected chi connectivity index (χ0v) is 10.5. The average Bonchev–Trinajstić information content (AvgIpc) is 2.36. The van der Waals surface area contributed by atoms with Crippen molar-refractivity contribution in [3.63, 3.8) is 0 Å². The lowest BCUT2D eigenvalue weighted by Crippen LogP contribution is -2.29. The van der Waals surface area contributed by atoms with Gasteiger partial charge in [0.2, 0.25) is 0 Å². The average molecular weight is 237 g/mol. The summed E-state index contributed by atoms with van der Waals surface area (Å²) in [5, 5.41) is 5.76. The highest BCUT2D eigenvalue weighted by atomic mass is 16.5. The Bertz CT molecular complexity index is 369. The van der Waals surface area contributed by atoms with Crippen LogP contribution in [0.5, 0.6) is 0 Å². The third-order valence-corrected chi connectivity index (χ3v) is 2.34. The van der Waals surface area contributed by atoms with Crippen molar-refractivity contribution in [1.29, 1.82) is 0 Å². The number of hydrogen-bond donors (Lipinski definition) is 2. The fourth-order valence-corrected chi connectivity index (χ4v) is 1.42. The number of anilines is 1. The van der Waals surface area contributed by atoms with Crippen molar-refractivity contribution in [2.24, 2.45) is 5.92 Å². The van der Waals surface area contributed by atoms with Crippen LogP contribution in [0.2, 0.25) is 0 Å². The highest BCUT2D eigenvalue weighted by molar-refractivity contribution is 5.94. The zero-order valence-electron chi connectivity index (χ0n) is 10.5. The van der Waals surface area contributed by atoms with E-state index >= 15 is 0 Å². The molecular formula is C12H19N3O2. The summed E-state index contributed by atoms with van der Waals surface area (Å²) in [7, 11) is 3.42. The van der Waals surface area contributed by atoms with E-state index in [0.717, 1.165) is 0 Å². The summed E-state index contributed by atoms with van der Waals surface area (Å²) >= 11 is 0. The lowest BCUT2D eigenvalue weighted by Gasteiger charge is -2.11. The third kappa shape index (κ3) is 4.40. The van der Waals surface area contributed by atoms with E-state index in [9.17, 15) is 4.79 Å². The molecule has 0 saturated carbocycles. The fraction of sp³-hybridized carbons (Fsp3) is 0.500. The van der Waals surface area contributed by atoms with Gasteiger partial charge in [0, 0.05) is 32.5 Å². The molecule has 94 valence electrons. The number of rotatable bonds is 6. The van der Waals surface area contributed by atoms with Gasteiger partial charge in [0.05, 0.1) is 6.61 Å². The first-order chi connectivity index (χ1) is 8.17. The van der Waals surface area contributed by atoms with E-state index in [1.807, 2.05) is 6.92 Å². The van der Waals surface area contributed by atoms with Gasteiger partial charge in [-0.05, 0) is 18.1 Å². The lowest BCUT2D eigenvalue weighted by atomic mass is 10.2. The maximum atomic E-state index is 11.8. The molecule has 0 bridgehead atoms. The minimum Gasteiger partial charge on any atom is -0.384 e. The Hall–Kier alpha value is -1.62. The van der Waals surface area contributed by atoms with Crippen LogP contribution in [0.25, 0.3) is 0 Å². The fourth-order valence-electron chi connectivity index (χ4n) is 1.42. The van der Waals surface area contributed by atoms with Crippen LogP contribution >= 0.6 is 0 Å². The monoisotopic (exact) mass is 237 g/mol. The molecule has 0 radical (unpaired) electrons. The second kappa shape index (κ2) is 6.85. The van der Waals surface area contributed by atoms with Crippen molar-refractivity contribution < 1.29 is 9.53 Å². The van der Waals surface area contributed by atoms with Gasteiger partial charge in [-0.25, -0.2) is 4.98 Å². The normalized spacial score (nSPS) is 11.9. The lowest BCUT2D eigenvalue weighted by molar-refractivity contribution is 0.0934. The van der Waals surface area contributed by atoms with Gasteiger partial charge < -0.3 is 15.4 Å². The van der Waals surface area contributed by atoms with Crippen molar-refractivity contribution in [3.05, 3.63) is 23.9 Å². The maximum absolute atomic E-state index is 11.8. The standard InChI is InChI=1S/C12H19N3O2/c1-9(8-17-3)7-15-12(16)10-4-5-14-11(6-10)13-2/h4-6,9H,7-8H2,1-3H3,(H,13,14)(H,15,16). The van der Waals surface area contributed by atoms with Gasteiger partial charge in [0.1, 0.15) is 5.82 Å². The van der Waals surface area contributed by atoms with E-state index in [-0.39, 0.29) is 5.91 Å². The molecule has 5 heteroatoms. The van der Waals surface area contributed by atoms with Crippen molar-refractivity contribution in [3.8, 4) is 0 Å². The Kier molecular flexibility index (Phi) is 5.42. The number of methoxy groups -OCH3 is 1. The van der Waals surface area contributed by atoms with Crippen molar-refractivity contribution >= 4 is 11.7 Å². The number of carbonyl (C=O) groups is 1. The minimum absolute atomic E-state index is 0.0909. The summed E-state index contributed by atoms with van der Waals surface area (Å²) < 4.78 is 5.01. The summed E-state index contributed by atoms with van der Waals surface area (Å²) in [4.78, 5) is 15.9. The van der Waals surface area contributed by atoms with Gasteiger partial charge in [-0.1, -0.05) is 6.92 Å². The molecule has 17 heavy (non-hydrogen) atoms. The van der Waals surface area contributed by atoms with Crippen LogP contribution in [0.1, 0.15) is 17.3 Å². The predicted molar refractivity (Wildman–Crippen MR) is 67.2 cm³/mol. The molecule has 0 fully saturated rings. The van der Waals surface area contributed by atoms with Crippen LogP contribution in [-0.4, -0.2) is 38.2 Å². The van der Waals surface area contributed by atoms with Gasteiger partial charge in [-0.15, -0.1) is 0 Å². The van der Waals surface area contributed by atoms with E-state index in [1.54, 1.807) is 32.5 Å². The van der Waals surface area contributed by atoms with Crippen molar-refractivity contribution in [2.75, 3.05) is 32.6 Å². The quantitative estimate of drug-likeness (QED) is 0.778. The molecule has 0 aromatic carbocycles. The number of nitrogens with one attached hydrogen (secondary N) is 2. The smallest absolute Gasteiger partial charge is 0.251 e. The summed E-state index contributed by atoms with van der Waals surface area (Å²) in [5.41, 5.74) is 0.606. The summed E-state index contributed by atoms with van der Waals surface area (Å²) in [5.74, 6) is 0.893. The van der Waals surface area contributed by atoms with Gasteiger partial charge in [0.15, 0.2) is 0 Å². The summed E-state index contributed by atoms with van der Waals surface area (Å²) in [6.45, 7) is 3.26. The molecular weight excluding hydrogens is 218 g/mol. The number of hydrogen-bond acceptors (Lipinski definition) is 4. The van der Waals surface area contributed by atoms with E-state index in [0.29, 0.717) is 30.5 Å². The molecule has 0 saturated heterocycles. The first-order valence-corrected chi connectivity index (χ1v) is 5.58. The predicted octanol–water partition coefficient (Wildman–Crippen LogP) is 1.14. The first-order valence-electron chi connectivity index (χ1n) is 5.58. The second-order valence-electron chi connectivity index (χ2n) is 3.95. The molecule has 2 N–H and O–H groups in total. The highest BCUT2D eigenvalue weighted by Crippen LogP contribution is 2.05. The van der Waals surface area contributed by atoms with Crippen LogP contribution < -0.4 is 10.6 Å². The van der Waals surface area contributed by atoms with Crippen LogP contribution in [0.15, 0.2) is 18.3 Å². The highest BCUT2D eigenvalue weighted by Gasteiger charge is 2.08. The van der Waals surface area contributed by atoms with Gasteiger partial charge >= 0.3 is 0 Å². The first kappa shape index (κ1) is 13.4. The molecule has 1 aromatic heterocycles. The summed E-state index contributed by atoms with van der Waals surface area (Å²) in [6, 6.07) is 3.41. The molecule has 1 heterocycles. The Morgan fingerprint density at radius 2 is 2.35 bits per heavy atom. The maximum Gasteiger partial charge on any atom is 0.251 e. The Balaban J connectivity index is 2.51. The second-order valence-corrected chi connectivity index (χ2v) is 3.95. The molecule has 1 rings (SSSR count). The van der Waals surface area contributed by atoms with E-state index < -0.39 is 0 Å². The van der Waals surface area contributed by atoms with E-state index in [1.165, 1.54) is 0 Å². The zero-order chi connectivity index (χ0) is 12.7. The Morgan fingerprint density at radius 3 is 3.00 bits per heavy atom. The van der Waals surface area contributed by atoms with Gasteiger partial charge in [-0.2, -0.15) is 0 Å². The number of aromatic nitrogens is 1. The topological polar surface area (TPSA) is 63.2 Å². The number of nitrogens with zero attached hydrogens (tertiary/aromatic N) is 1. The Labute approximate surface area is 102 Å². The van der Waals surface area contributed by atoms with E-state index in [4.69, 9.17) is 4.74 Å². The third-order valence-electron chi connectivity index (χ3n) is 2.34. The SMILES string of the molecule is CNc1cc(C(=O)NCC(C)COC)ccn1. The van der Waals surface area contributed by atoms with Gasteiger partial charge in [-0.3, -0.25) is 4.79 Å².